The van der Waals surface area contributed by atoms with Crippen LogP contribution in [0.15, 0.2) is 40.9 Å². The van der Waals surface area contributed by atoms with Crippen molar-refractivity contribution >= 4 is 28.7 Å². The number of rotatable bonds is 3. The van der Waals surface area contributed by atoms with Gasteiger partial charge in [0, 0.05) is 37.4 Å². The number of aryl methyl sites for hydroxylation is 1. The Labute approximate surface area is 168 Å². The molecule has 1 saturated heterocycles. The molecule has 4 rings (SSSR count). The van der Waals surface area contributed by atoms with Gasteiger partial charge in [-0.1, -0.05) is 23.4 Å². The standard InChI is InChI=1S/C21H23N5O3/c1-13-12-16(19(27)22-2)17-18(25-29-20(17)23-13)14-8-10-26(11-9-14)21(28)24-15-6-4-3-5-7-15/h3-7,12,14H,8-11H2,1-2H3,(H,22,27)(H,24,28). The molecule has 0 spiro atoms. The van der Waals surface area contributed by atoms with Crippen LogP contribution in [0.3, 0.4) is 0 Å². The molecule has 1 aromatic carbocycles. The number of para-hydroxylation sites is 1. The van der Waals surface area contributed by atoms with Crippen molar-refractivity contribution in [3.05, 3.63) is 53.3 Å². The minimum atomic E-state index is -0.190. The molecular formula is C21H23N5O3. The van der Waals surface area contributed by atoms with E-state index in [1.54, 1.807) is 18.0 Å². The lowest BCUT2D eigenvalue weighted by Crippen LogP contribution is -2.40. The van der Waals surface area contributed by atoms with Gasteiger partial charge in [-0.15, -0.1) is 0 Å². The van der Waals surface area contributed by atoms with Crippen molar-refractivity contribution in [2.45, 2.75) is 25.7 Å². The average Bonchev–Trinajstić information content (AvgIpc) is 3.17. The first-order valence-electron chi connectivity index (χ1n) is 9.67. The normalized spacial score (nSPS) is 14.8. The molecule has 0 aliphatic carbocycles. The second kappa shape index (κ2) is 7.90. The van der Waals surface area contributed by atoms with E-state index in [-0.39, 0.29) is 17.9 Å². The van der Waals surface area contributed by atoms with Crippen LogP contribution in [-0.2, 0) is 0 Å². The number of carbonyl (C=O) groups excluding carboxylic acids is 2. The summed E-state index contributed by atoms with van der Waals surface area (Å²) in [5.74, 6) is -0.0884. The van der Waals surface area contributed by atoms with Crippen LogP contribution >= 0.6 is 0 Å². The van der Waals surface area contributed by atoms with Crippen LogP contribution in [0.2, 0.25) is 0 Å². The van der Waals surface area contributed by atoms with E-state index in [4.69, 9.17) is 4.52 Å². The van der Waals surface area contributed by atoms with Gasteiger partial charge in [-0.25, -0.2) is 9.78 Å². The number of fused-ring (bicyclic) bond motifs is 1. The smallest absolute Gasteiger partial charge is 0.321 e. The summed E-state index contributed by atoms with van der Waals surface area (Å²) in [6.07, 6.45) is 1.48. The Balaban J connectivity index is 1.51. The number of hydrogen-bond acceptors (Lipinski definition) is 5. The highest BCUT2D eigenvalue weighted by Gasteiger charge is 2.29. The second-order valence-electron chi connectivity index (χ2n) is 7.20. The van der Waals surface area contributed by atoms with E-state index >= 15 is 0 Å². The Kier molecular flexibility index (Phi) is 5.16. The molecule has 3 amide bonds. The molecule has 2 N–H and O–H groups in total. The fraction of sp³-hybridized carbons (Fsp3) is 0.333. The fourth-order valence-corrected chi connectivity index (χ4v) is 3.77. The summed E-state index contributed by atoms with van der Waals surface area (Å²) < 4.78 is 5.44. The predicted molar refractivity (Wildman–Crippen MR) is 109 cm³/mol. The molecule has 3 heterocycles. The number of hydrogen-bond donors (Lipinski definition) is 2. The highest BCUT2D eigenvalue weighted by Crippen LogP contribution is 2.34. The van der Waals surface area contributed by atoms with Crippen molar-refractivity contribution in [3.8, 4) is 0 Å². The van der Waals surface area contributed by atoms with Crippen molar-refractivity contribution in [1.82, 2.24) is 20.4 Å². The quantitative estimate of drug-likeness (QED) is 0.711. The Morgan fingerprint density at radius 1 is 1.17 bits per heavy atom. The van der Waals surface area contributed by atoms with E-state index in [0.717, 1.165) is 24.2 Å². The van der Waals surface area contributed by atoms with Gasteiger partial charge in [0.25, 0.3) is 11.6 Å². The largest absolute Gasteiger partial charge is 0.355 e. The van der Waals surface area contributed by atoms with Crippen LogP contribution in [0.1, 0.15) is 40.5 Å². The molecule has 0 radical (unpaired) electrons. The molecular weight excluding hydrogens is 370 g/mol. The van der Waals surface area contributed by atoms with E-state index in [1.165, 1.54) is 0 Å². The molecule has 8 nitrogen and oxygen atoms in total. The number of urea groups is 1. The third kappa shape index (κ3) is 3.78. The second-order valence-corrected chi connectivity index (χ2v) is 7.20. The van der Waals surface area contributed by atoms with Gasteiger partial charge < -0.3 is 20.1 Å². The van der Waals surface area contributed by atoms with Gasteiger partial charge in [-0.05, 0) is 38.0 Å². The van der Waals surface area contributed by atoms with Crippen molar-refractivity contribution in [2.24, 2.45) is 0 Å². The number of likely N-dealkylation sites (tertiary alicyclic amines) is 1. The van der Waals surface area contributed by atoms with Crippen molar-refractivity contribution in [3.63, 3.8) is 0 Å². The van der Waals surface area contributed by atoms with E-state index in [0.29, 0.717) is 35.4 Å². The summed E-state index contributed by atoms with van der Waals surface area (Å²) in [7, 11) is 1.60. The molecule has 29 heavy (non-hydrogen) atoms. The number of anilines is 1. The molecule has 150 valence electrons. The minimum Gasteiger partial charge on any atom is -0.355 e. The number of nitrogens with one attached hydrogen (secondary N) is 2. The lowest BCUT2D eigenvalue weighted by molar-refractivity contribution is 0.0964. The number of carbonyl (C=O) groups is 2. The zero-order chi connectivity index (χ0) is 20.4. The summed E-state index contributed by atoms with van der Waals surface area (Å²) in [5, 5.41) is 10.5. The molecule has 0 saturated carbocycles. The van der Waals surface area contributed by atoms with Gasteiger partial charge in [-0.2, -0.15) is 0 Å². The first kappa shape index (κ1) is 18.9. The van der Waals surface area contributed by atoms with E-state index in [9.17, 15) is 9.59 Å². The van der Waals surface area contributed by atoms with Gasteiger partial charge >= 0.3 is 6.03 Å². The van der Waals surface area contributed by atoms with Crippen LogP contribution in [0.4, 0.5) is 10.5 Å². The minimum absolute atomic E-state index is 0.102. The SMILES string of the molecule is CNC(=O)c1cc(C)nc2onc(C3CCN(C(=O)Nc4ccccc4)CC3)c12. The summed E-state index contributed by atoms with van der Waals surface area (Å²) in [6, 6.07) is 11.1. The number of piperidine rings is 1. The summed E-state index contributed by atoms with van der Waals surface area (Å²) in [5.41, 5.74) is 3.12. The molecule has 1 fully saturated rings. The van der Waals surface area contributed by atoms with E-state index in [1.807, 2.05) is 37.3 Å². The lowest BCUT2D eigenvalue weighted by atomic mass is 9.91. The van der Waals surface area contributed by atoms with Gasteiger partial charge in [0.15, 0.2) is 0 Å². The molecule has 2 aromatic heterocycles. The van der Waals surface area contributed by atoms with Gasteiger partial charge in [0.2, 0.25) is 0 Å². The summed E-state index contributed by atoms with van der Waals surface area (Å²) >= 11 is 0. The molecule has 8 heteroatoms. The van der Waals surface area contributed by atoms with Crippen LogP contribution in [0.5, 0.6) is 0 Å². The van der Waals surface area contributed by atoms with Gasteiger partial charge in [0.1, 0.15) is 0 Å². The Bertz CT molecular complexity index is 1040. The highest BCUT2D eigenvalue weighted by atomic mass is 16.5. The van der Waals surface area contributed by atoms with Crippen LogP contribution in [-0.4, -0.2) is 47.1 Å². The number of aromatic nitrogens is 2. The first-order valence-corrected chi connectivity index (χ1v) is 9.67. The highest BCUT2D eigenvalue weighted by molar-refractivity contribution is 6.06. The summed E-state index contributed by atoms with van der Waals surface area (Å²) in [6.45, 7) is 3.02. The molecule has 0 bridgehead atoms. The number of pyridine rings is 1. The third-order valence-electron chi connectivity index (χ3n) is 5.27. The maximum atomic E-state index is 12.5. The van der Waals surface area contributed by atoms with Crippen LogP contribution in [0.25, 0.3) is 11.1 Å². The van der Waals surface area contributed by atoms with Gasteiger partial charge in [0.05, 0.1) is 16.6 Å². The van der Waals surface area contributed by atoms with Crippen molar-refractivity contribution in [2.75, 3.05) is 25.5 Å². The number of nitrogens with zero attached hydrogens (tertiary/aromatic N) is 3. The van der Waals surface area contributed by atoms with Crippen molar-refractivity contribution in [1.29, 1.82) is 0 Å². The predicted octanol–water partition coefficient (Wildman–Crippen LogP) is 3.30. The van der Waals surface area contributed by atoms with Crippen LogP contribution in [0, 0.1) is 6.92 Å². The monoisotopic (exact) mass is 393 g/mol. The number of amides is 3. The van der Waals surface area contributed by atoms with E-state index < -0.39 is 0 Å². The zero-order valence-corrected chi connectivity index (χ0v) is 16.4. The maximum Gasteiger partial charge on any atom is 0.321 e. The topological polar surface area (TPSA) is 100 Å². The van der Waals surface area contributed by atoms with Crippen molar-refractivity contribution < 1.29 is 14.1 Å². The average molecular weight is 393 g/mol. The zero-order valence-electron chi connectivity index (χ0n) is 16.4. The molecule has 1 aliphatic rings. The van der Waals surface area contributed by atoms with Crippen LogP contribution < -0.4 is 10.6 Å². The summed E-state index contributed by atoms with van der Waals surface area (Å²) in [4.78, 5) is 31.0. The fourth-order valence-electron chi connectivity index (χ4n) is 3.77. The molecule has 0 atom stereocenters. The molecule has 1 aliphatic heterocycles. The number of benzene rings is 1. The third-order valence-corrected chi connectivity index (χ3v) is 5.27. The Hall–Kier alpha value is -3.42. The molecule has 3 aromatic rings. The van der Waals surface area contributed by atoms with Gasteiger partial charge in [-0.3, -0.25) is 4.79 Å². The maximum absolute atomic E-state index is 12.5. The Morgan fingerprint density at radius 2 is 1.90 bits per heavy atom. The Morgan fingerprint density at radius 3 is 2.59 bits per heavy atom. The molecule has 0 unspecified atom stereocenters. The lowest BCUT2D eigenvalue weighted by Gasteiger charge is -2.31. The van der Waals surface area contributed by atoms with E-state index in [2.05, 4.69) is 20.8 Å². The first-order chi connectivity index (χ1) is 14.1.